The molecule has 6 nitrogen and oxygen atoms in total. The molecule has 3 rings (SSSR count). The van der Waals surface area contributed by atoms with E-state index < -0.39 is 39.1 Å². The van der Waals surface area contributed by atoms with E-state index in [2.05, 4.69) is 0 Å². The average molecular weight is 555 g/mol. The molecule has 1 heterocycles. The van der Waals surface area contributed by atoms with Gasteiger partial charge in [-0.1, -0.05) is 61.3 Å². The largest absolute Gasteiger partial charge is 0.481 e. The number of aliphatic carboxylic acids is 1. The Balaban J connectivity index is 2.25. The molecule has 1 fully saturated rings. The minimum absolute atomic E-state index is 0.194. The van der Waals surface area contributed by atoms with Gasteiger partial charge in [0, 0.05) is 27.9 Å². The van der Waals surface area contributed by atoms with Crippen LogP contribution < -0.4 is 0 Å². The lowest BCUT2D eigenvalue weighted by Crippen LogP contribution is -2.56. The molecular formula is C27H33Cl2NO5S. The van der Waals surface area contributed by atoms with Crippen LogP contribution in [0.15, 0.2) is 48.5 Å². The Morgan fingerprint density at radius 3 is 2.19 bits per heavy atom. The number of hydrogen-bond acceptors (Lipinski definition) is 4. The summed E-state index contributed by atoms with van der Waals surface area (Å²) in [5.74, 6) is -2.90. The molecular weight excluding hydrogens is 521 g/mol. The second-order valence-corrected chi connectivity index (χ2v) is 13.6. The number of carbonyl (C=O) groups excluding carboxylic acids is 1. The number of halogens is 2. The van der Waals surface area contributed by atoms with Gasteiger partial charge in [-0.25, -0.2) is 8.42 Å². The van der Waals surface area contributed by atoms with Gasteiger partial charge in [-0.3, -0.25) is 9.59 Å². The smallest absolute Gasteiger partial charge is 0.304 e. The standard InChI is InChI=1S/C27H33Cl2NO5S/c1-16(2)24(15-36(34,35)17(3)4)30-26(18-8-10-21(28)11-9-18)23(19-6-5-7-22(29)12-19)13-20(27(30)33)14-25(31)32/h5-12,16-17,20,23-24,26H,13-15H2,1-4H3,(H,31,32)/t20?,23-,24-,26?/m1/s1. The minimum atomic E-state index is -3.51. The van der Waals surface area contributed by atoms with Crippen LogP contribution in [-0.4, -0.2) is 47.3 Å². The van der Waals surface area contributed by atoms with Crippen molar-refractivity contribution >= 4 is 44.9 Å². The molecule has 2 aromatic carbocycles. The van der Waals surface area contributed by atoms with E-state index in [1.807, 2.05) is 44.2 Å². The number of carboxylic acid groups (broad SMARTS) is 1. The number of benzene rings is 2. The number of nitrogens with zero attached hydrogens (tertiary/aromatic N) is 1. The first-order valence-corrected chi connectivity index (χ1v) is 14.6. The van der Waals surface area contributed by atoms with Crippen molar-refractivity contribution in [1.29, 1.82) is 0 Å². The number of rotatable bonds is 9. The van der Waals surface area contributed by atoms with E-state index in [9.17, 15) is 23.1 Å². The number of carbonyl (C=O) groups is 2. The van der Waals surface area contributed by atoms with Crippen LogP contribution in [0.1, 0.15) is 63.6 Å². The monoisotopic (exact) mass is 553 g/mol. The number of carboxylic acids is 1. The van der Waals surface area contributed by atoms with E-state index in [0.717, 1.165) is 11.1 Å². The zero-order chi connectivity index (χ0) is 26.8. The molecule has 0 saturated carbocycles. The van der Waals surface area contributed by atoms with Crippen molar-refractivity contribution in [3.8, 4) is 0 Å². The van der Waals surface area contributed by atoms with E-state index in [-0.39, 0.29) is 29.9 Å². The first-order valence-electron chi connectivity index (χ1n) is 12.1. The van der Waals surface area contributed by atoms with Gasteiger partial charge in [-0.2, -0.15) is 0 Å². The maximum absolute atomic E-state index is 14.0. The third kappa shape index (κ3) is 6.42. The summed E-state index contributed by atoms with van der Waals surface area (Å²) in [5.41, 5.74) is 1.67. The van der Waals surface area contributed by atoms with Gasteiger partial charge < -0.3 is 10.0 Å². The predicted molar refractivity (Wildman–Crippen MR) is 143 cm³/mol. The molecule has 0 bridgehead atoms. The zero-order valence-electron chi connectivity index (χ0n) is 20.9. The first-order chi connectivity index (χ1) is 16.8. The third-order valence-corrected chi connectivity index (χ3v) is 9.71. The molecule has 1 aliphatic rings. The molecule has 2 unspecified atom stereocenters. The van der Waals surface area contributed by atoms with Crippen LogP contribution >= 0.6 is 23.2 Å². The van der Waals surface area contributed by atoms with E-state index in [0.29, 0.717) is 16.5 Å². The van der Waals surface area contributed by atoms with Gasteiger partial charge in [0.2, 0.25) is 5.91 Å². The van der Waals surface area contributed by atoms with Crippen LogP contribution in [0.4, 0.5) is 0 Å². The van der Waals surface area contributed by atoms with Crippen LogP contribution in [-0.2, 0) is 19.4 Å². The van der Waals surface area contributed by atoms with E-state index in [1.54, 1.807) is 36.9 Å². The van der Waals surface area contributed by atoms with E-state index in [4.69, 9.17) is 23.2 Å². The van der Waals surface area contributed by atoms with Gasteiger partial charge in [-0.15, -0.1) is 0 Å². The van der Waals surface area contributed by atoms with Gasteiger partial charge in [-0.05, 0) is 61.6 Å². The molecule has 9 heteroatoms. The SMILES string of the molecule is CC(C)[C@@H](CS(=O)(=O)C(C)C)N1C(=O)C(CC(=O)O)C[C@H](c2cccc(Cl)c2)C1c1ccc(Cl)cc1. The number of hydrogen-bond donors (Lipinski definition) is 1. The topological polar surface area (TPSA) is 91.8 Å². The normalized spacial score (nSPS) is 21.7. The Morgan fingerprint density at radius 1 is 1.03 bits per heavy atom. The molecule has 1 N–H and O–H groups in total. The summed E-state index contributed by atoms with van der Waals surface area (Å²) >= 11 is 12.5. The average Bonchev–Trinajstić information content (AvgIpc) is 2.79. The molecule has 1 aliphatic heterocycles. The van der Waals surface area contributed by atoms with E-state index >= 15 is 0 Å². The third-order valence-electron chi connectivity index (χ3n) is 6.98. The highest BCUT2D eigenvalue weighted by Crippen LogP contribution is 2.48. The quantitative estimate of drug-likeness (QED) is 0.411. The van der Waals surface area contributed by atoms with Crippen molar-refractivity contribution < 1.29 is 23.1 Å². The number of piperidine rings is 1. The Labute approximate surface area is 223 Å². The second kappa shape index (κ2) is 11.5. The zero-order valence-corrected chi connectivity index (χ0v) is 23.2. The minimum Gasteiger partial charge on any atom is -0.481 e. The summed E-state index contributed by atoms with van der Waals surface area (Å²) in [5, 5.41) is 10.1. The molecule has 1 saturated heterocycles. The van der Waals surface area contributed by atoms with Crippen molar-refractivity contribution in [3.63, 3.8) is 0 Å². The van der Waals surface area contributed by atoms with Crippen LogP contribution in [0.2, 0.25) is 10.0 Å². The Hall–Kier alpha value is -2.09. The molecule has 0 radical (unpaired) electrons. The lowest BCUT2D eigenvalue weighted by atomic mass is 9.74. The van der Waals surface area contributed by atoms with Crippen LogP contribution in [0, 0.1) is 11.8 Å². The molecule has 196 valence electrons. The fraction of sp³-hybridized carbons (Fsp3) is 0.481. The molecule has 1 amide bonds. The summed E-state index contributed by atoms with van der Waals surface area (Å²) in [6, 6.07) is 13.3. The molecule has 4 atom stereocenters. The maximum Gasteiger partial charge on any atom is 0.304 e. The Kier molecular flexibility index (Phi) is 9.12. The summed E-state index contributed by atoms with van der Waals surface area (Å²) in [6.45, 7) is 7.04. The maximum atomic E-state index is 14.0. The summed E-state index contributed by atoms with van der Waals surface area (Å²) in [6.07, 6.45) is -0.0293. The van der Waals surface area contributed by atoms with Crippen molar-refractivity contribution in [2.24, 2.45) is 11.8 Å². The van der Waals surface area contributed by atoms with Crippen molar-refractivity contribution in [1.82, 2.24) is 4.90 Å². The lowest BCUT2D eigenvalue weighted by Gasteiger charge is -2.49. The highest BCUT2D eigenvalue weighted by molar-refractivity contribution is 7.92. The van der Waals surface area contributed by atoms with Gasteiger partial charge >= 0.3 is 5.97 Å². The van der Waals surface area contributed by atoms with Crippen LogP contribution in [0.3, 0.4) is 0 Å². The van der Waals surface area contributed by atoms with Gasteiger partial charge in [0.15, 0.2) is 9.84 Å². The van der Waals surface area contributed by atoms with E-state index in [1.165, 1.54) is 0 Å². The number of amides is 1. The molecule has 0 aromatic heterocycles. The van der Waals surface area contributed by atoms with Gasteiger partial charge in [0.1, 0.15) is 0 Å². The fourth-order valence-corrected chi connectivity index (χ4v) is 6.69. The van der Waals surface area contributed by atoms with Crippen molar-refractivity contribution in [2.75, 3.05) is 5.75 Å². The van der Waals surface area contributed by atoms with Crippen LogP contribution in [0.5, 0.6) is 0 Å². The number of likely N-dealkylation sites (tertiary alicyclic amines) is 1. The molecule has 0 spiro atoms. The first kappa shape index (κ1) is 28.5. The highest BCUT2D eigenvalue weighted by atomic mass is 35.5. The van der Waals surface area contributed by atoms with Crippen molar-refractivity contribution in [2.45, 2.75) is 63.8 Å². The Bertz CT molecular complexity index is 1200. The second-order valence-electron chi connectivity index (χ2n) is 10.1. The molecule has 2 aromatic rings. The fourth-order valence-electron chi connectivity index (χ4n) is 4.96. The van der Waals surface area contributed by atoms with Crippen molar-refractivity contribution in [3.05, 3.63) is 69.7 Å². The van der Waals surface area contributed by atoms with Gasteiger partial charge in [0.05, 0.1) is 23.5 Å². The lowest BCUT2D eigenvalue weighted by molar-refractivity contribution is -0.152. The predicted octanol–water partition coefficient (Wildman–Crippen LogP) is 5.99. The van der Waals surface area contributed by atoms with Gasteiger partial charge in [0.25, 0.3) is 0 Å². The Morgan fingerprint density at radius 2 is 1.67 bits per heavy atom. The summed E-state index contributed by atoms with van der Waals surface area (Å²) < 4.78 is 26.1. The molecule has 0 aliphatic carbocycles. The van der Waals surface area contributed by atoms with Crippen LogP contribution in [0.25, 0.3) is 0 Å². The number of sulfone groups is 1. The molecule has 36 heavy (non-hydrogen) atoms. The summed E-state index contributed by atoms with van der Waals surface area (Å²) in [4.78, 5) is 27.3. The highest BCUT2D eigenvalue weighted by Gasteiger charge is 2.48. The summed E-state index contributed by atoms with van der Waals surface area (Å²) in [7, 11) is -3.51.